The first kappa shape index (κ1) is 16.2. The van der Waals surface area contributed by atoms with Gasteiger partial charge in [-0.1, -0.05) is 0 Å². The van der Waals surface area contributed by atoms with Gasteiger partial charge in [-0.2, -0.15) is 5.10 Å². The Morgan fingerprint density at radius 3 is 2.71 bits per heavy atom. The number of halogens is 2. The topological polar surface area (TPSA) is 59.6 Å². The van der Waals surface area contributed by atoms with Crippen molar-refractivity contribution in [2.75, 3.05) is 38.1 Å². The van der Waals surface area contributed by atoms with E-state index in [9.17, 15) is 8.78 Å². The summed E-state index contributed by atoms with van der Waals surface area (Å²) in [6.45, 7) is 3.17. The van der Waals surface area contributed by atoms with E-state index in [-0.39, 0.29) is 0 Å². The minimum absolute atomic E-state index is 0.315. The molecule has 128 valence electrons. The third kappa shape index (κ3) is 3.64. The summed E-state index contributed by atoms with van der Waals surface area (Å²) in [5, 5.41) is 10.1. The molecule has 3 rings (SSSR count). The van der Waals surface area contributed by atoms with Gasteiger partial charge in [-0.25, -0.2) is 8.78 Å². The van der Waals surface area contributed by atoms with Gasteiger partial charge >= 0.3 is 0 Å². The molecule has 6 nitrogen and oxygen atoms in total. The Morgan fingerprint density at radius 1 is 1.25 bits per heavy atom. The van der Waals surface area contributed by atoms with Gasteiger partial charge in [-0.15, -0.1) is 0 Å². The van der Waals surface area contributed by atoms with Crippen LogP contribution in [0.1, 0.15) is 5.69 Å². The molecule has 0 saturated carbocycles. The molecule has 2 heterocycles. The largest absolute Gasteiger partial charge is 0.366 e. The van der Waals surface area contributed by atoms with Crippen LogP contribution in [0.4, 0.5) is 14.5 Å². The first-order valence-corrected chi connectivity index (χ1v) is 7.81. The van der Waals surface area contributed by atoms with E-state index < -0.39 is 11.6 Å². The zero-order valence-corrected chi connectivity index (χ0v) is 13.5. The third-order valence-electron chi connectivity index (χ3n) is 4.04. The highest BCUT2D eigenvalue weighted by atomic mass is 19.1. The van der Waals surface area contributed by atoms with Crippen molar-refractivity contribution < 1.29 is 8.78 Å². The minimum Gasteiger partial charge on any atom is -0.366 e. The lowest BCUT2D eigenvalue weighted by Crippen LogP contribution is -2.52. The van der Waals surface area contributed by atoms with E-state index in [2.05, 4.69) is 25.4 Å². The predicted octanol–water partition coefficient (Wildman–Crippen LogP) is 1.59. The van der Waals surface area contributed by atoms with Crippen molar-refractivity contribution in [2.45, 2.75) is 6.54 Å². The standard InChI is InChI=1S/C16H20F2N6/c1-19-16(20-11-13-4-5-21-22-13)24-8-6-23(7-9-24)15-10-12(17)2-3-14(15)18/h2-5,10H,6-9,11H2,1H3,(H,19,20)(H,21,22). The molecule has 0 spiro atoms. The van der Waals surface area contributed by atoms with Gasteiger partial charge in [0.2, 0.25) is 0 Å². The summed E-state index contributed by atoms with van der Waals surface area (Å²) in [4.78, 5) is 8.24. The Balaban J connectivity index is 1.58. The smallest absolute Gasteiger partial charge is 0.194 e. The predicted molar refractivity (Wildman–Crippen MR) is 88.9 cm³/mol. The molecular formula is C16H20F2N6. The first-order chi connectivity index (χ1) is 11.7. The van der Waals surface area contributed by atoms with Crippen molar-refractivity contribution in [3.8, 4) is 0 Å². The second kappa shape index (κ2) is 7.29. The quantitative estimate of drug-likeness (QED) is 0.661. The number of H-pyrrole nitrogens is 1. The number of nitrogens with one attached hydrogen (secondary N) is 2. The summed E-state index contributed by atoms with van der Waals surface area (Å²) in [5.41, 5.74) is 1.28. The number of benzene rings is 1. The molecule has 1 aromatic heterocycles. The molecule has 0 aliphatic carbocycles. The molecule has 1 fully saturated rings. The highest BCUT2D eigenvalue weighted by Crippen LogP contribution is 2.21. The maximum atomic E-state index is 13.9. The summed E-state index contributed by atoms with van der Waals surface area (Å²) < 4.78 is 27.2. The highest BCUT2D eigenvalue weighted by molar-refractivity contribution is 5.80. The average molecular weight is 334 g/mol. The van der Waals surface area contributed by atoms with Crippen LogP contribution >= 0.6 is 0 Å². The Morgan fingerprint density at radius 2 is 2.04 bits per heavy atom. The van der Waals surface area contributed by atoms with Gasteiger partial charge in [0, 0.05) is 45.5 Å². The lowest BCUT2D eigenvalue weighted by Gasteiger charge is -2.37. The van der Waals surface area contributed by atoms with Gasteiger partial charge < -0.3 is 15.1 Å². The average Bonchev–Trinajstić information content (AvgIpc) is 3.12. The number of aromatic amines is 1. The lowest BCUT2D eigenvalue weighted by molar-refractivity contribution is 0.370. The van der Waals surface area contributed by atoms with Gasteiger partial charge in [-0.3, -0.25) is 10.1 Å². The fraction of sp³-hybridized carbons (Fsp3) is 0.375. The van der Waals surface area contributed by atoms with E-state index in [1.54, 1.807) is 13.2 Å². The first-order valence-electron chi connectivity index (χ1n) is 7.81. The minimum atomic E-state index is -0.425. The Labute approximate surface area is 139 Å². The molecule has 0 atom stereocenters. The van der Waals surface area contributed by atoms with Gasteiger partial charge in [0.1, 0.15) is 11.6 Å². The molecule has 24 heavy (non-hydrogen) atoms. The normalized spacial score (nSPS) is 15.7. The van der Waals surface area contributed by atoms with Crippen LogP contribution in [0, 0.1) is 11.6 Å². The molecule has 8 heteroatoms. The number of aliphatic imine (C=N–C) groups is 1. The second-order valence-electron chi connectivity index (χ2n) is 5.55. The van der Waals surface area contributed by atoms with Crippen molar-refractivity contribution in [1.29, 1.82) is 0 Å². The summed E-state index contributed by atoms with van der Waals surface area (Å²) in [7, 11) is 1.73. The van der Waals surface area contributed by atoms with Gasteiger partial charge in [-0.05, 0) is 18.2 Å². The van der Waals surface area contributed by atoms with E-state index >= 15 is 0 Å². The lowest BCUT2D eigenvalue weighted by atomic mass is 10.2. The molecule has 0 amide bonds. The monoisotopic (exact) mass is 334 g/mol. The van der Waals surface area contributed by atoms with Crippen molar-refractivity contribution in [1.82, 2.24) is 20.4 Å². The number of guanidine groups is 1. The molecule has 1 aliphatic rings. The van der Waals surface area contributed by atoms with Crippen molar-refractivity contribution >= 4 is 11.6 Å². The Hall–Kier alpha value is -2.64. The summed E-state index contributed by atoms with van der Waals surface area (Å²) in [5.74, 6) is -0.0403. The van der Waals surface area contributed by atoms with Crippen molar-refractivity contribution in [3.05, 3.63) is 47.8 Å². The van der Waals surface area contributed by atoms with E-state index in [4.69, 9.17) is 0 Å². The van der Waals surface area contributed by atoms with E-state index in [0.717, 1.165) is 17.7 Å². The molecule has 0 bridgehead atoms. The van der Waals surface area contributed by atoms with Crippen LogP contribution in [0.2, 0.25) is 0 Å². The summed E-state index contributed by atoms with van der Waals surface area (Å²) in [6, 6.07) is 5.44. The van der Waals surface area contributed by atoms with Crippen LogP contribution in [-0.2, 0) is 6.54 Å². The molecular weight excluding hydrogens is 314 g/mol. The van der Waals surface area contributed by atoms with Crippen molar-refractivity contribution in [2.24, 2.45) is 4.99 Å². The zero-order chi connectivity index (χ0) is 16.9. The molecule has 2 aromatic rings. The Kier molecular flexibility index (Phi) is 4.93. The van der Waals surface area contributed by atoms with E-state index in [1.807, 2.05) is 11.0 Å². The second-order valence-corrected chi connectivity index (χ2v) is 5.55. The zero-order valence-electron chi connectivity index (χ0n) is 13.5. The van der Waals surface area contributed by atoms with Gasteiger partial charge in [0.05, 0.1) is 17.9 Å². The van der Waals surface area contributed by atoms with Crippen LogP contribution in [-0.4, -0.2) is 54.3 Å². The molecule has 1 aromatic carbocycles. The highest BCUT2D eigenvalue weighted by Gasteiger charge is 2.22. The number of aromatic nitrogens is 2. The van der Waals surface area contributed by atoms with Crippen molar-refractivity contribution in [3.63, 3.8) is 0 Å². The van der Waals surface area contributed by atoms with Crippen LogP contribution in [0.15, 0.2) is 35.5 Å². The van der Waals surface area contributed by atoms with Gasteiger partial charge in [0.15, 0.2) is 5.96 Å². The number of hydrogen-bond acceptors (Lipinski definition) is 3. The fourth-order valence-electron chi connectivity index (χ4n) is 2.78. The van der Waals surface area contributed by atoms with Crippen LogP contribution < -0.4 is 10.2 Å². The molecule has 2 N–H and O–H groups in total. The molecule has 1 aliphatic heterocycles. The molecule has 0 unspecified atom stereocenters. The van der Waals surface area contributed by atoms with Gasteiger partial charge in [0.25, 0.3) is 0 Å². The summed E-state index contributed by atoms with van der Waals surface area (Å²) >= 11 is 0. The number of anilines is 1. The molecule has 1 saturated heterocycles. The maximum Gasteiger partial charge on any atom is 0.194 e. The van der Waals surface area contributed by atoms with E-state index in [0.29, 0.717) is 38.4 Å². The van der Waals surface area contributed by atoms with Crippen LogP contribution in [0.3, 0.4) is 0 Å². The summed E-state index contributed by atoms with van der Waals surface area (Å²) in [6.07, 6.45) is 1.70. The van der Waals surface area contributed by atoms with Crippen LogP contribution in [0.5, 0.6) is 0 Å². The van der Waals surface area contributed by atoms with Crippen LogP contribution in [0.25, 0.3) is 0 Å². The number of piperazine rings is 1. The number of hydrogen-bond donors (Lipinski definition) is 2. The molecule has 0 radical (unpaired) electrons. The Bertz CT molecular complexity index is 693. The SMILES string of the molecule is CN=C(NCc1ccn[nH]1)N1CCN(c2cc(F)ccc2F)CC1. The maximum absolute atomic E-state index is 13.9. The fourth-order valence-corrected chi connectivity index (χ4v) is 2.78. The number of rotatable bonds is 3. The number of nitrogens with zero attached hydrogens (tertiary/aromatic N) is 4. The van der Waals surface area contributed by atoms with E-state index in [1.165, 1.54) is 12.1 Å². The third-order valence-corrected chi connectivity index (χ3v) is 4.04.